The molecule has 1 aromatic carbocycles. The lowest BCUT2D eigenvalue weighted by atomic mass is 10.1. The second-order valence-electron chi connectivity index (χ2n) is 7.18. The Morgan fingerprint density at radius 1 is 0.970 bits per heavy atom. The second-order valence-corrected chi connectivity index (χ2v) is 7.18. The number of fused-ring (bicyclic) bond motifs is 1. The zero-order valence-corrected chi connectivity index (χ0v) is 17.8. The van der Waals surface area contributed by atoms with Crippen molar-refractivity contribution in [2.24, 2.45) is 0 Å². The van der Waals surface area contributed by atoms with E-state index in [4.69, 9.17) is 28.7 Å². The fraction of sp³-hybridized carbons (Fsp3) is 0.304. The highest BCUT2D eigenvalue weighted by molar-refractivity contribution is 5.83. The van der Waals surface area contributed by atoms with Gasteiger partial charge in [-0.1, -0.05) is 35.9 Å². The Balaban J connectivity index is 0.000000455. The molecule has 176 valence electrons. The number of aromatic nitrogens is 2. The molecular formula is C23H27N3O7. The molecule has 10 heteroatoms. The summed E-state index contributed by atoms with van der Waals surface area (Å²) in [4.78, 5) is 37.0. The summed E-state index contributed by atoms with van der Waals surface area (Å²) < 4.78 is 46.7. The number of amides is 1. The standard InChI is InChI=1S/C19H21N3O.C4H6O6/c1-13-5-8-15(9-6-13)19-16(11-18(23)21(3)4)22-12-14(2)7-10-17(22)20-19;5-1(3(7)8)2(6)4(9)10/h5-10,12H,11H2,1-4H3;1-2,5-6H,(H,7,8)(H,9,10)/t;1-,2-/m.1/s1/i3D3,4D3;. The number of carbonyl (C=O) groups is 3. The molecule has 3 rings (SSSR count). The van der Waals surface area contributed by atoms with Crippen molar-refractivity contribution in [1.29, 1.82) is 0 Å². The van der Waals surface area contributed by atoms with E-state index in [0.29, 0.717) is 17.0 Å². The van der Waals surface area contributed by atoms with Gasteiger partial charge in [0.05, 0.1) is 17.8 Å². The van der Waals surface area contributed by atoms with Crippen LogP contribution in [0.1, 0.15) is 25.0 Å². The Labute approximate surface area is 198 Å². The van der Waals surface area contributed by atoms with Gasteiger partial charge >= 0.3 is 11.9 Å². The molecule has 0 radical (unpaired) electrons. The van der Waals surface area contributed by atoms with Gasteiger partial charge in [-0.2, -0.15) is 0 Å². The third-order valence-electron chi connectivity index (χ3n) is 4.56. The number of pyridine rings is 1. The van der Waals surface area contributed by atoms with Crippen LogP contribution in [-0.4, -0.2) is 78.7 Å². The van der Waals surface area contributed by atoms with Crippen molar-refractivity contribution in [2.45, 2.75) is 32.5 Å². The van der Waals surface area contributed by atoms with Gasteiger partial charge < -0.3 is 29.7 Å². The van der Waals surface area contributed by atoms with E-state index in [9.17, 15) is 14.4 Å². The van der Waals surface area contributed by atoms with Crippen molar-refractivity contribution in [1.82, 2.24) is 14.3 Å². The molecule has 10 nitrogen and oxygen atoms in total. The minimum absolute atomic E-state index is 0.00584. The molecule has 3 aromatic rings. The maximum Gasteiger partial charge on any atom is 0.335 e. The summed E-state index contributed by atoms with van der Waals surface area (Å²) in [5.74, 6) is -4.55. The number of imidazole rings is 1. The largest absolute Gasteiger partial charge is 0.479 e. The Hall–Kier alpha value is -3.76. The molecule has 2 aromatic heterocycles. The molecule has 0 aliphatic heterocycles. The highest BCUT2D eigenvalue weighted by Crippen LogP contribution is 2.26. The number of hydrogen-bond acceptors (Lipinski definition) is 6. The molecule has 0 saturated heterocycles. The molecule has 0 fully saturated rings. The van der Waals surface area contributed by atoms with E-state index >= 15 is 0 Å². The lowest BCUT2D eigenvalue weighted by molar-refractivity contribution is -0.165. The van der Waals surface area contributed by atoms with Crippen molar-refractivity contribution in [2.75, 3.05) is 14.0 Å². The van der Waals surface area contributed by atoms with Crippen LogP contribution in [0, 0.1) is 13.8 Å². The third kappa shape index (κ3) is 6.37. The first-order chi connectivity index (χ1) is 17.8. The van der Waals surface area contributed by atoms with Crippen LogP contribution in [0.25, 0.3) is 16.9 Å². The van der Waals surface area contributed by atoms with E-state index in [0.717, 1.165) is 16.7 Å². The van der Waals surface area contributed by atoms with Crippen LogP contribution in [0.2, 0.25) is 0 Å². The Morgan fingerprint density at radius 3 is 2.03 bits per heavy atom. The van der Waals surface area contributed by atoms with Crippen LogP contribution in [0.5, 0.6) is 0 Å². The maximum atomic E-state index is 12.8. The first-order valence-corrected chi connectivity index (χ1v) is 9.54. The number of nitrogens with zero attached hydrogens (tertiary/aromatic N) is 3. The number of benzene rings is 1. The normalized spacial score (nSPS) is 15.9. The summed E-state index contributed by atoms with van der Waals surface area (Å²) in [7, 11) is 0. The van der Waals surface area contributed by atoms with Gasteiger partial charge in [-0.3, -0.25) is 4.79 Å². The van der Waals surface area contributed by atoms with Crippen molar-refractivity contribution in [3.63, 3.8) is 0 Å². The number of aryl methyl sites for hydroxylation is 2. The zero-order chi connectivity index (χ0) is 29.9. The summed E-state index contributed by atoms with van der Waals surface area (Å²) in [5.41, 5.74) is 4.28. The van der Waals surface area contributed by atoms with E-state index < -0.39 is 50.4 Å². The predicted molar refractivity (Wildman–Crippen MR) is 120 cm³/mol. The van der Waals surface area contributed by atoms with Crippen molar-refractivity contribution in [3.8, 4) is 11.3 Å². The van der Waals surface area contributed by atoms with Crippen LogP contribution in [-0.2, 0) is 20.8 Å². The highest BCUT2D eigenvalue weighted by Gasteiger charge is 2.29. The van der Waals surface area contributed by atoms with E-state index in [-0.39, 0.29) is 4.90 Å². The number of aliphatic carboxylic acids is 2. The molecule has 2 atom stereocenters. The van der Waals surface area contributed by atoms with Crippen LogP contribution in [0.4, 0.5) is 0 Å². The topological polar surface area (TPSA) is 153 Å². The Bertz CT molecular complexity index is 1320. The fourth-order valence-electron chi connectivity index (χ4n) is 2.80. The summed E-state index contributed by atoms with van der Waals surface area (Å²) in [6, 6.07) is 11.2. The van der Waals surface area contributed by atoms with Gasteiger partial charge in [-0.05, 0) is 25.5 Å². The van der Waals surface area contributed by atoms with Crippen molar-refractivity contribution in [3.05, 3.63) is 59.4 Å². The van der Waals surface area contributed by atoms with Gasteiger partial charge in [0, 0.05) is 33.9 Å². The van der Waals surface area contributed by atoms with Crippen molar-refractivity contribution < 1.29 is 43.0 Å². The lowest BCUT2D eigenvalue weighted by Crippen LogP contribution is -2.39. The summed E-state index contributed by atoms with van der Waals surface area (Å²) in [6.45, 7) is -2.33. The van der Waals surface area contributed by atoms with Gasteiger partial charge in [0.15, 0.2) is 12.2 Å². The van der Waals surface area contributed by atoms with Gasteiger partial charge in [0.1, 0.15) is 5.65 Å². The number of aliphatic hydroxyl groups is 2. The highest BCUT2D eigenvalue weighted by atomic mass is 16.4. The number of rotatable bonds is 6. The van der Waals surface area contributed by atoms with E-state index in [1.165, 1.54) is 0 Å². The fourth-order valence-corrected chi connectivity index (χ4v) is 2.80. The predicted octanol–water partition coefficient (Wildman–Crippen LogP) is 1.13. The molecule has 0 saturated carbocycles. The number of hydrogen-bond donors (Lipinski definition) is 4. The van der Waals surface area contributed by atoms with E-state index in [2.05, 4.69) is 4.98 Å². The minimum atomic E-state index is -3.08. The number of likely N-dealkylation sites (N-methyl/N-ethyl adjacent to an activating group) is 1. The summed E-state index contributed by atoms with van der Waals surface area (Å²) >= 11 is 0. The zero-order valence-electron chi connectivity index (χ0n) is 23.8. The second kappa shape index (κ2) is 10.7. The molecule has 0 aliphatic rings. The van der Waals surface area contributed by atoms with Crippen LogP contribution >= 0.6 is 0 Å². The molecule has 0 bridgehead atoms. The molecule has 0 spiro atoms. The average Bonchev–Trinajstić information content (AvgIpc) is 3.14. The Kier molecular flexibility index (Phi) is 5.76. The summed E-state index contributed by atoms with van der Waals surface area (Å²) in [6.07, 6.45) is -3.16. The van der Waals surface area contributed by atoms with Crippen molar-refractivity contribution >= 4 is 23.5 Å². The molecule has 4 N–H and O–H groups in total. The molecular weight excluding hydrogens is 430 g/mol. The first kappa shape index (κ1) is 17.8. The number of carboxylic acids is 2. The number of carboxylic acid groups (broad SMARTS) is 2. The summed E-state index contributed by atoms with van der Waals surface area (Å²) in [5, 5.41) is 32.5. The van der Waals surface area contributed by atoms with Gasteiger partial charge in [0.2, 0.25) is 5.91 Å². The molecule has 1 amide bonds. The molecule has 2 heterocycles. The van der Waals surface area contributed by atoms with Crippen LogP contribution in [0.3, 0.4) is 0 Å². The molecule has 0 unspecified atom stereocenters. The first-order valence-electron chi connectivity index (χ1n) is 12.5. The molecule has 0 aliphatic carbocycles. The van der Waals surface area contributed by atoms with Gasteiger partial charge in [0.25, 0.3) is 0 Å². The van der Waals surface area contributed by atoms with E-state index in [1.54, 1.807) is 16.7 Å². The monoisotopic (exact) mass is 463 g/mol. The third-order valence-corrected chi connectivity index (χ3v) is 4.56. The Morgan fingerprint density at radius 2 is 1.52 bits per heavy atom. The lowest BCUT2D eigenvalue weighted by Gasteiger charge is -2.11. The maximum absolute atomic E-state index is 12.8. The van der Waals surface area contributed by atoms with Gasteiger partial charge in [-0.15, -0.1) is 0 Å². The number of aliphatic hydroxyl groups excluding tert-OH is 2. The average molecular weight is 464 g/mol. The number of carbonyl (C=O) groups excluding carboxylic acids is 1. The van der Waals surface area contributed by atoms with Crippen LogP contribution in [0.15, 0.2) is 42.6 Å². The quantitative estimate of drug-likeness (QED) is 0.424. The van der Waals surface area contributed by atoms with Crippen LogP contribution < -0.4 is 0 Å². The smallest absolute Gasteiger partial charge is 0.335 e. The SMILES string of the molecule is O=C(O)[C@H](O)[C@@H](O)C(=O)O.[2H]C([2H])([2H])N(C(=O)Cc1c(-c2ccc(C)cc2)nc2ccc(C)cn12)C([2H])([2H])[2H]. The minimum Gasteiger partial charge on any atom is -0.479 e. The molecule has 33 heavy (non-hydrogen) atoms. The van der Waals surface area contributed by atoms with E-state index in [1.807, 2.05) is 44.2 Å². The van der Waals surface area contributed by atoms with Gasteiger partial charge in [-0.25, -0.2) is 14.6 Å².